The van der Waals surface area contributed by atoms with Crippen molar-refractivity contribution < 1.29 is 19.8 Å². The van der Waals surface area contributed by atoms with Crippen molar-refractivity contribution in [1.82, 2.24) is 5.32 Å². The number of nitrogens with one attached hydrogen (secondary N) is 1. The number of carbonyl (C=O) groups is 2. The number of aliphatic carboxylic acids is 1. The summed E-state index contributed by atoms with van der Waals surface area (Å²) >= 11 is 0. The number of hydrogen-bond donors (Lipinski definition) is 3. The molecule has 0 aliphatic rings. The van der Waals surface area contributed by atoms with Gasteiger partial charge in [-0.3, -0.25) is 9.59 Å². The summed E-state index contributed by atoms with van der Waals surface area (Å²) in [4.78, 5) is 21.6. The Morgan fingerprint density at radius 2 is 1.93 bits per heavy atom. The van der Waals surface area contributed by atoms with Crippen LogP contribution < -0.4 is 5.32 Å². The SMILES string of the molecule is CC(CCCO)NC(=O)C(C)C(=O)O. The van der Waals surface area contributed by atoms with Gasteiger partial charge in [0.15, 0.2) is 0 Å². The first-order valence-electron chi connectivity index (χ1n) is 4.63. The topological polar surface area (TPSA) is 86.6 Å². The van der Waals surface area contributed by atoms with Crippen LogP contribution in [0.2, 0.25) is 0 Å². The molecule has 0 fully saturated rings. The van der Waals surface area contributed by atoms with Crippen molar-refractivity contribution in [2.24, 2.45) is 5.92 Å². The Morgan fingerprint density at radius 1 is 1.36 bits per heavy atom. The number of carboxylic acid groups (broad SMARTS) is 1. The summed E-state index contributed by atoms with van der Waals surface area (Å²) in [5.74, 6) is -2.63. The van der Waals surface area contributed by atoms with Gasteiger partial charge in [0, 0.05) is 12.6 Å². The van der Waals surface area contributed by atoms with Crippen LogP contribution in [-0.2, 0) is 9.59 Å². The largest absolute Gasteiger partial charge is 0.481 e. The van der Waals surface area contributed by atoms with E-state index in [-0.39, 0.29) is 12.6 Å². The quantitative estimate of drug-likeness (QED) is 0.530. The fraction of sp³-hybridized carbons (Fsp3) is 0.778. The second kappa shape index (κ2) is 6.37. The molecule has 0 aliphatic carbocycles. The zero-order valence-electron chi connectivity index (χ0n) is 8.49. The number of aliphatic hydroxyl groups excluding tert-OH is 1. The maximum atomic E-state index is 11.2. The second-order valence-corrected chi connectivity index (χ2v) is 3.34. The highest BCUT2D eigenvalue weighted by molar-refractivity contribution is 5.96. The van der Waals surface area contributed by atoms with Gasteiger partial charge in [0.25, 0.3) is 0 Å². The van der Waals surface area contributed by atoms with Crippen molar-refractivity contribution in [2.45, 2.75) is 32.7 Å². The van der Waals surface area contributed by atoms with Crippen molar-refractivity contribution in [1.29, 1.82) is 0 Å². The molecule has 0 aromatic rings. The summed E-state index contributed by atoms with van der Waals surface area (Å²) in [6.45, 7) is 3.20. The standard InChI is InChI=1S/C9H17NO4/c1-6(4-3-5-11)10-8(12)7(2)9(13)14/h6-7,11H,3-5H2,1-2H3,(H,10,12)(H,13,14). The fourth-order valence-corrected chi connectivity index (χ4v) is 0.950. The van der Waals surface area contributed by atoms with Gasteiger partial charge in [0.1, 0.15) is 5.92 Å². The molecule has 82 valence electrons. The lowest BCUT2D eigenvalue weighted by Crippen LogP contribution is -2.39. The van der Waals surface area contributed by atoms with Crippen LogP contribution in [0.5, 0.6) is 0 Å². The van der Waals surface area contributed by atoms with Gasteiger partial charge in [0.2, 0.25) is 5.91 Å². The molecule has 0 radical (unpaired) electrons. The summed E-state index contributed by atoms with van der Waals surface area (Å²) in [6.07, 6.45) is 1.25. The Morgan fingerprint density at radius 3 is 2.36 bits per heavy atom. The van der Waals surface area contributed by atoms with Crippen LogP contribution in [0.1, 0.15) is 26.7 Å². The minimum Gasteiger partial charge on any atom is -0.481 e. The molecule has 3 N–H and O–H groups in total. The molecule has 0 aromatic carbocycles. The van der Waals surface area contributed by atoms with Crippen LogP contribution in [0, 0.1) is 5.92 Å². The monoisotopic (exact) mass is 203 g/mol. The van der Waals surface area contributed by atoms with E-state index in [1.807, 2.05) is 0 Å². The minimum atomic E-state index is -1.13. The molecule has 2 atom stereocenters. The van der Waals surface area contributed by atoms with E-state index in [2.05, 4.69) is 5.32 Å². The highest BCUT2D eigenvalue weighted by atomic mass is 16.4. The van der Waals surface area contributed by atoms with E-state index in [0.29, 0.717) is 12.8 Å². The molecule has 0 aliphatic heterocycles. The van der Waals surface area contributed by atoms with Crippen molar-refractivity contribution >= 4 is 11.9 Å². The van der Waals surface area contributed by atoms with Gasteiger partial charge in [-0.15, -0.1) is 0 Å². The molecule has 0 spiro atoms. The number of amides is 1. The fourth-order valence-electron chi connectivity index (χ4n) is 0.950. The average molecular weight is 203 g/mol. The molecule has 5 heteroatoms. The number of carbonyl (C=O) groups excluding carboxylic acids is 1. The third-order valence-electron chi connectivity index (χ3n) is 1.95. The summed E-state index contributed by atoms with van der Waals surface area (Å²) in [7, 11) is 0. The van der Waals surface area contributed by atoms with Crippen molar-refractivity contribution in [2.75, 3.05) is 6.61 Å². The predicted octanol–water partition coefficient (Wildman–Crippen LogP) is -0.0157. The van der Waals surface area contributed by atoms with Gasteiger partial charge in [-0.05, 0) is 26.7 Å². The first-order chi connectivity index (χ1) is 6.49. The van der Waals surface area contributed by atoms with E-state index in [1.54, 1.807) is 6.92 Å². The molecule has 0 rings (SSSR count). The molecule has 5 nitrogen and oxygen atoms in total. The summed E-state index contributed by atoms with van der Waals surface area (Å²) < 4.78 is 0. The number of carboxylic acids is 1. The molecule has 0 saturated carbocycles. The Bertz CT molecular complexity index is 205. The van der Waals surface area contributed by atoms with Gasteiger partial charge in [0.05, 0.1) is 0 Å². The van der Waals surface area contributed by atoms with E-state index in [4.69, 9.17) is 10.2 Å². The summed E-state index contributed by atoms with van der Waals surface area (Å²) in [5.41, 5.74) is 0. The Balaban J connectivity index is 3.87. The highest BCUT2D eigenvalue weighted by Crippen LogP contribution is 1.99. The van der Waals surface area contributed by atoms with Crippen LogP contribution in [-0.4, -0.2) is 34.7 Å². The van der Waals surface area contributed by atoms with Crippen molar-refractivity contribution in [3.05, 3.63) is 0 Å². The molecule has 0 saturated heterocycles. The van der Waals surface area contributed by atoms with Gasteiger partial charge < -0.3 is 15.5 Å². The number of hydrogen-bond acceptors (Lipinski definition) is 3. The lowest BCUT2D eigenvalue weighted by atomic mass is 10.1. The Labute approximate surface area is 83.1 Å². The van der Waals surface area contributed by atoms with Crippen LogP contribution in [0.15, 0.2) is 0 Å². The molecular formula is C9H17NO4. The van der Waals surface area contributed by atoms with E-state index in [9.17, 15) is 9.59 Å². The van der Waals surface area contributed by atoms with E-state index in [0.717, 1.165) is 0 Å². The zero-order valence-corrected chi connectivity index (χ0v) is 8.49. The van der Waals surface area contributed by atoms with Gasteiger partial charge in [-0.2, -0.15) is 0 Å². The number of aliphatic hydroxyl groups is 1. The second-order valence-electron chi connectivity index (χ2n) is 3.34. The molecule has 14 heavy (non-hydrogen) atoms. The minimum absolute atomic E-state index is 0.0781. The van der Waals surface area contributed by atoms with Crippen LogP contribution >= 0.6 is 0 Å². The third-order valence-corrected chi connectivity index (χ3v) is 1.95. The first kappa shape index (κ1) is 12.9. The predicted molar refractivity (Wildman–Crippen MR) is 50.7 cm³/mol. The maximum absolute atomic E-state index is 11.2. The highest BCUT2D eigenvalue weighted by Gasteiger charge is 2.21. The molecule has 1 amide bonds. The van der Waals surface area contributed by atoms with E-state index < -0.39 is 17.8 Å². The van der Waals surface area contributed by atoms with Gasteiger partial charge >= 0.3 is 5.97 Å². The maximum Gasteiger partial charge on any atom is 0.315 e. The van der Waals surface area contributed by atoms with Crippen LogP contribution in [0.25, 0.3) is 0 Å². The molecule has 2 unspecified atom stereocenters. The lowest BCUT2D eigenvalue weighted by molar-refractivity contribution is -0.146. The van der Waals surface area contributed by atoms with E-state index >= 15 is 0 Å². The summed E-state index contributed by atoms with van der Waals surface area (Å²) in [6, 6.07) is -0.101. The molecular weight excluding hydrogens is 186 g/mol. The Kier molecular flexibility index (Phi) is 5.87. The lowest BCUT2D eigenvalue weighted by Gasteiger charge is -2.14. The van der Waals surface area contributed by atoms with Gasteiger partial charge in [-0.25, -0.2) is 0 Å². The van der Waals surface area contributed by atoms with E-state index in [1.165, 1.54) is 6.92 Å². The van der Waals surface area contributed by atoms with Crippen molar-refractivity contribution in [3.8, 4) is 0 Å². The first-order valence-corrected chi connectivity index (χ1v) is 4.63. The Hall–Kier alpha value is -1.10. The molecule has 0 bridgehead atoms. The number of rotatable bonds is 6. The third kappa shape index (κ3) is 4.81. The van der Waals surface area contributed by atoms with Crippen LogP contribution in [0.4, 0.5) is 0 Å². The summed E-state index contributed by atoms with van der Waals surface area (Å²) in [5, 5.41) is 19.6. The normalized spacial score (nSPS) is 14.5. The molecule has 0 heterocycles. The molecule has 0 aromatic heterocycles. The zero-order chi connectivity index (χ0) is 11.1. The average Bonchev–Trinajstić information content (AvgIpc) is 2.13. The van der Waals surface area contributed by atoms with Crippen LogP contribution in [0.3, 0.4) is 0 Å². The van der Waals surface area contributed by atoms with Gasteiger partial charge in [-0.1, -0.05) is 0 Å². The smallest absolute Gasteiger partial charge is 0.315 e. The van der Waals surface area contributed by atoms with Crippen molar-refractivity contribution in [3.63, 3.8) is 0 Å².